The van der Waals surface area contributed by atoms with E-state index in [4.69, 9.17) is 14.2 Å². The predicted molar refractivity (Wildman–Crippen MR) is 147 cm³/mol. The van der Waals surface area contributed by atoms with Gasteiger partial charge in [-0.15, -0.1) is 0 Å². The lowest BCUT2D eigenvalue weighted by molar-refractivity contribution is -0.384. The molecule has 0 radical (unpaired) electrons. The van der Waals surface area contributed by atoms with E-state index >= 15 is 0 Å². The van der Waals surface area contributed by atoms with Crippen LogP contribution in [0.5, 0.6) is 11.5 Å². The number of non-ortho nitro benzene ring substituents is 1. The van der Waals surface area contributed by atoms with Gasteiger partial charge in [-0.05, 0) is 62.2 Å². The number of esters is 1. The fraction of sp³-hybridized carbons (Fsp3) is 0.250. The Balaban J connectivity index is 1.91. The van der Waals surface area contributed by atoms with Crippen LogP contribution in [0.2, 0.25) is 0 Å². The third-order valence-corrected chi connectivity index (χ3v) is 6.83. The number of allylic oxidation sites excluding steroid dienone is 1. The van der Waals surface area contributed by atoms with E-state index in [2.05, 4.69) is 11.6 Å². The molecule has 2 aromatic carbocycles. The normalized spacial score (nSPS) is 15.0. The number of carbonyl (C=O) groups is 1. The van der Waals surface area contributed by atoms with E-state index in [0.29, 0.717) is 37.7 Å². The minimum atomic E-state index is -0.839. The second-order valence-corrected chi connectivity index (χ2v) is 9.90. The van der Waals surface area contributed by atoms with Crippen LogP contribution in [0.15, 0.2) is 76.2 Å². The Bertz CT molecular complexity index is 1650. The van der Waals surface area contributed by atoms with Crippen molar-refractivity contribution in [1.29, 1.82) is 0 Å². The molecular formula is C28H27N3O7S. The van der Waals surface area contributed by atoms with Crippen LogP contribution >= 0.6 is 11.3 Å². The molecule has 0 amide bonds. The molecule has 3 aromatic rings. The van der Waals surface area contributed by atoms with Crippen LogP contribution in [0.1, 0.15) is 37.9 Å². The summed E-state index contributed by atoms with van der Waals surface area (Å²) in [5, 5.41) is 11.0. The Morgan fingerprint density at radius 2 is 1.95 bits per heavy atom. The van der Waals surface area contributed by atoms with Crippen molar-refractivity contribution in [1.82, 2.24) is 4.57 Å². The third kappa shape index (κ3) is 5.68. The number of methoxy groups -OCH3 is 1. The highest BCUT2D eigenvalue weighted by Gasteiger charge is 2.34. The largest absolute Gasteiger partial charge is 0.493 e. The summed E-state index contributed by atoms with van der Waals surface area (Å²) >= 11 is 1.16. The summed E-state index contributed by atoms with van der Waals surface area (Å²) in [7, 11) is 1.50. The lowest BCUT2D eigenvalue weighted by atomic mass is 9.95. The lowest BCUT2D eigenvalue weighted by Crippen LogP contribution is -2.40. The van der Waals surface area contributed by atoms with Crippen LogP contribution in [-0.2, 0) is 9.53 Å². The van der Waals surface area contributed by atoms with Crippen molar-refractivity contribution in [2.75, 3.05) is 13.7 Å². The van der Waals surface area contributed by atoms with Crippen molar-refractivity contribution < 1.29 is 23.9 Å². The zero-order chi connectivity index (χ0) is 28.3. The maximum absolute atomic E-state index is 13.8. The van der Waals surface area contributed by atoms with Crippen LogP contribution in [0.4, 0.5) is 5.69 Å². The molecule has 202 valence electrons. The molecule has 1 unspecified atom stereocenters. The number of benzene rings is 2. The molecule has 10 nitrogen and oxygen atoms in total. The van der Waals surface area contributed by atoms with Crippen molar-refractivity contribution in [2.45, 2.75) is 32.9 Å². The SMILES string of the molecule is C=CCOc1ccc(C2C(C(=O)OC(C)C)=C(C)N=c3s/c(=C\c4ccc([N+](=O)[O-])cc4)c(=O)n32)cc1OC. The Labute approximate surface area is 227 Å². The van der Waals surface area contributed by atoms with Gasteiger partial charge in [0, 0.05) is 12.1 Å². The zero-order valence-electron chi connectivity index (χ0n) is 21.9. The molecule has 0 fully saturated rings. The van der Waals surface area contributed by atoms with Crippen molar-refractivity contribution in [3.8, 4) is 11.5 Å². The summed E-state index contributed by atoms with van der Waals surface area (Å²) in [5.41, 5.74) is 1.47. The van der Waals surface area contributed by atoms with Gasteiger partial charge in [0.05, 0.1) is 40.0 Å². The summed E-state index contributed by atoms with van der Waals surface area (Å²) in [6.07, 6.45) is 2.87. The average Bonchev–Trinajstić information content (AvgIpc) is 3.20. The van der Waals surface area contributed by atoms with Crippen molar-refractivity contribution >= 4 is 29.1 Å². The number of nitro benzene ring substituents is 1. The monoisotopic (exact) mass is 549 g/mol. The quantitative estimate of drug-likeness (QED) is 0.173. The maximum atomic E-state index is 13.8. The van der Waals surface area contributed by atoms with Gasteiger partial charge in [-0.3, -0.25) is 19.5 Å². The number of fused-ring (bicyclic) bond motifs is 1. The number of carbonyl (C=O) groups excluding carboxylic acids is 1. The fourth-order valence-electron chi connectivity index (χ4n) is 4.14. The summed E-state index contributed by atoms with van der Waals surface area (Å²) in [6.45, 7) is 9.13. The highest BCUT2D eigenvalue weighted by molar-refractivity contribution is 7.07. The van der Waals surface area contributed by atoms with E-state index in [0.717, 1.165) is 11.3 Å². The summed E-state index contributed by atoms with van der Waals surface area (Å²) in [5.74, 6) is 0.333. The lowest BCUT2D eigenvalue weighted by Gasteiger charge is -2.26. The second kappa shape index (κ2) is 11.5. The smallest absolute Gasteiger partial charge is 0.338 e. The first-order chi connectivity index (χ1) is 18.6. The first-order valence-electron chi connectivity index (χ1n) is 12.0. The number of ether oxygens (including phenoxy) is 3. The molecule has 1 aliphatic heterocycles. The van der Waals surface area contributed by atoms with Crippen LogP contribution in [0.3, 0.4) is 0 Å². The van der Waals surface area contributed by atoms with Gasteiger partial charge in [0.2, 0.25) is 0 Å². The molecule has 1 aliphatic rings. The first kappa shape index (κ1) is 27.5. The minimum Gasteiger partial charge on any atom is -0.493 e. The van der Waals surface area contributed by atoms with E-state index in [1.54, 1.807) is 63.3 Å². The Hall–Kier alpha value is -4.51. The van der Waals surface area contributed by atoms with Gasteiger partial charge < -0.3 is 14.2 Å². The van der Waals surface area contributed by atoms with Gasteiger partial charge in [0.15, 0.2) is 16.3 Å². The highest BCUT2D eigenvalue weighted by atomic mass is 32.1. The van der Waals surface area contributed by atoms with E-state index < -0.39 is 16.9 Å². The van der Waals surface area contributed by atoms with Gasteiger partial charge in [-0.1, -0.05) is 30.1 Å². The topological polar surface area (TPSA) is 122 Å². The Morgan fingerprint density at radius 3 is 2.56 bits per heavy atom. The van der Waals surface area contributed by atoms with Gasteiger partial charge >= 0.3 is 5.97 Å². The zero-order valence-corrected chi connectivity index (χ0v) is 22.7. The van der Waals surface area contributed by atoms with Crippen LogP contribution < -0.4 is 24.4 Å². The minimum absolute atomic E-state index is 0.0491. The van der Waals surface area contributed by atoms with E-state index in [1.807, 2.05) is 0 Å². The van der Waals surface area contributed by atoms with Crippen molar-refractivity contribution in [3.63, 3.8) is 0 Å². The average molecular weight is 550 g/mol. The van der Waals surface area contributed by atoms with Gasteiger partial charge in [-0.2, -0.15) is 0 Å². The number of nitrogens with zero attached hydrogens (tertiary/aromatic N) is 3. The van der Waals surface area contributed by atoms with Crippen molar-refractivity contribution in [3.05, 3.63) is 107 Å². The van der Waals surface area contributed by atoms with Gasteiger partial charge in [0.1, 0.15) is 6.61 Å². The summed E-state index contributed by atoms with van der Waals surface area (Å²) in [6, 6.07) is 10.2. The molecule has 0 N–H and O–H groups in total. The predicted octanol–water partition coefficient (Wildman–Crippen LogP) is 3.67. The molecule has 2 heterocycles. The maximum Gasteiger partial charge on any atom is 0.338 e. The van der Waals surface area contributed by atoms with E-state index in [1.165, 1.54) is 23.8 Å². The van der Waals surface area contributed by atoms with Crippen LogP contribution in [0.25, 0.3) is 6.08 Å². The molecule has 39 heavy (non-hydrogen) atoms. The number of hydrogen-bond acceptors (Lipinski definition) is 9. The first-order valence-corrected chi connectivity index (χ1v) is 12.9. The summed E-state index contributed by atoms with van der Waals surface area (Å²) in [4.78, 5) is 42.6. The van der Waals surface area contributed by atoms with Gasteiger partial charge in [-0.25, -0.2) is 9.79 Å². The second-order valence-electron chi connectivity index (χ2n) is 8.89. The molecular weight excluding hydrogens is 522 g/mol. The standard InChI is InChI=1S/C28H27N3O7S/c1-6-13-37-21-12-9-19(15-22(21)36-5)25-24(27(33)38-16(2)3)17(4)29-28-30(25)26(32)23(39-28)14-18-7-10-20(11-8-18)31(34)35/h6-12,14-16,25H,1,13H2,2-5H3/b23-14-. The summed E-state index contributed by atoms with van der Waals surface area (Å²) < 4.78 is 18.6. The Morgan fingerprint density at radius 1 is 1.23 bits per heavy atom. The highest BCUT2D eigenvalue weighted by Crippen LogP contribution is 2.36. The molecule has 0 saturated carbocycles. The third-order valence-electron chi connectivity index (χ3n) is 5.85. The number of nitro groups is 1. The number of thiazole rings is 1. The molecule has 1 atom stereocenters. The van der Waals surface area contributed by atoms with Gasteiger partial charge in [0.25, 0.3) is 11.2 Å². The van der Waals surface area contributed by atoms with E-state index in [9.17, 15) is 19.7 Å². The fourth-order valence-corrected chi connectivity index (χ4v) is 5.19. The molecule has 1 aromatic heterocycles. The number of hydrogen-bond donors (Lipinski definition) is 0. The van der Waals surface area contributed by atoms with Crippen molar-refractivity contribution in [2.24, 2.45) is 4.99 Å². The molecule has 0 bridgehead atoms. The molecule has 11 heteroatoms. The molecule has 0 saturated heterocycles. The molecule has 4 rings (SSSR count). The van der Waals surface area contributed by atoms with Crippen LogP contribution in [0, 0.1) is 10.1 Å². The molecule has 0 aliphatic carbocycles. The molecule has 0 spiro atoms. The number of aromatic nitrogens is 1. The number of rotatable bonds is 9. The Kier molecular flexibility index (Phi) is 8.10. The van der Waals surface area contributed by atoms with E-state index in [-0.39, 0.29) is 29.5 Å². The van der Waals surface area contributed by atoms with Crippen LogP contribution in [-0.4, -0.2) is 35.3 Å².